The number of aromatic nitrogens is 1. The molecular formula is C12H18N2O2S. The van der Waals surface area contributed by atoms with E-state index in [-0.39, 0.29) is 6.10 Å². The summed E-state index contributed by atoms with van der Waals surface area (Å²) in [5.41, 5.74) is 0.916. The highest BCUT2D eigenvalue weighted by Gasteiger charge is 2.22. The molecule has 0 amide bonds. The van der Waals surface area contributed by atoms with Crippen LogP contribution in [0.3, 0.4) is 0 Å². The van der Waals surface area contributed by atoms with Gasteiger partial charge >= 0.3 is 0 Å². The number of aldehydes is 1. The molecule has 94 valence electrons. The first-order chi connectivity index (χ1) is 8.28. The SMILES string of the molecule is CCc1nc(N2CCOC(CC)C2)sc1C=O. The maximum Gasteiger partial charge on any atom is 0.186 e. The molecule has 2 rings (SSSR count). The van der Waals surface area contributed by atoms with E-state index in [1.54, 1.807) is 0 Å². The third-order valence-corrected chi connectivity index (χ3v) is 4.11. The van der Waals surface area contributed by atoms with E-state index in [0.29, 0.717) is 0 Å². The predicted octanol–water partition coefficient (Wildman–Crippen LogP) is 2.13. The summed E-state index contributed by atoms with van der Waals surface area (Å²) in [5.74, 6) is 0. The Balaban J connectivity index is 2.15. The van der Waals surface area contributed by atoms with Crippen molar-refractivity contribution < 1.29 is 9.53 Å². The molecular weight excluding hydrogens is 236 g/mol. The van der Waals surface area contributed by atoms with Crippen molar-refractivity contribution in [3.05, 3.63) is 10.6 Å². The predicted molar refractivity (Wildman–Crippen MR) is 69.1 cm³/mol. The number of nitrogens with zero attached hydrogens (tertiary/aromatic N) is 2. The molecule has 0 spiro atoms. The van der Waals surface area contributed by atoms with Gasteiger partial charge in [0.25, 0.3) is 0 Å². The molecule has 1 atom stereocenters. The Labute approximate surface area is 106 Å². The van der Waals surface area contributed by atoms with E-state index in [2.05, 4.69) is 16.8 Å². The van der Waals surface area contributed by atoms with Gasteiger partial charge < -0.3 is 9.64 Å². The second kappa shape index (κ2) is 5.60. The van der Waals surface area contributed by atoms with Crippen LogP contribution in [0.2, 0.25) is 0 Å². The first-order valence-corrected chi connectivity index (χ1v) is 6.91. The number of hydrogen-bond donors (Lipinski definition) is 0. The Morgan fingerprint density at radius 1 is 1.59 bits per heavy atom. The highest BCUT2D eigenvalue weighted by molar-refractivity contribution is 7.17. The lowest BCUT2D eigenvalue weighted by Gasteiger charge is -2.32. The molecule has 1 aliphatic rings. The Bertz CT molecular complexity index is 392. The fraction of sp³-hybridized carbons (Fsp3) is 0.667. The normalized spacial score (nSPS) is 20.6. The molecule has 0 bridgehead atoms. The number of morpholine rings is 1. The molecule has 1 aromatic rings. The smallest absolute Gasteiger partial charge is 0.186 e. The van der Waals surface area contributed by atoms with Gasteiger partial charge in [-0.3, -0.25) is 4.79 Å². The molecule has 2 heterocycles. The van der Waals surface area contributed by atoms with Gasteiger partial charge in [-0.25, -0.2) is 4.98 Å². The first kappa shape index (κ1) is 12.5. The number of aryl methyl sites for hydroxylation is 1. The molecule has 5 heteroatoms. The van der Waals surface area contributed by atoms with Crippen LogP contribution in [0.5, 0.6) is 0 Å². The zero-order valence-electron chi connectivity index (χ0n) is 10.3. The summed E-state index contributed by atoms with van der Waals surface area (Å²) in [7, 11) is 0. The highest BCUT2D eigenvalue weighted by Crippen LogP contribution is 2.27. The van der Waals surface area contributed by atoms with Crippen LogP contribution in [0.4, 0.5) is 5.13 Å². The van der Waals surface area contributed by atoms with Gasteiger partial charge in [-0.1, -0.05) is 25.2 Å². The van der Waals surface area contributed by atoms with Gasteiger partial charge in [-0.15, -0.1) is 0 Å². The van der Waals surface area contributed by atoms with Gasteiger partial charge in [0.15, 0.2) is 11.4 Å². The highest BCUT2D eigenvalue weighted by atomic mass is 32.1. The molecule has 17 heavy (non-hydrogen) atoms. The van der Waals surface area contributed by atoms with Crippen molar-refractivity contribution in [1.29, 1.82) is 0 Å². The van der Waals surface area contributed by atoms with Crippen LogP contribution in [0.15, 0.2) is 0 Å². The molecule has 1 saturated heterocycles. The van der Waals surface area contributed by atoms with Crippen molar-refractivity contribution in [3.63, 3.8) is 0 Å². The molecule has 0 aliphatic carbocycles. The summed E-state index contributed by atoms with van der Waals surface area (Å²) in [6.07, 6.45) is 3.03. The molecule has 0 radical (unpaired) electrons. The van der Waals surface area contributed by atoms with Crippen LogP contribution < -0.4 is 4.90 Å². The van der Waals surface area contributed by atoms with Crippen molar-refractivity contribution in [2.24, 2.45) is 0 Å². The average molecular weight is 254 g/mol. The zero-order chi connectivity index (χ0) is 12.3. The van der Waals surface area contributed by atoms with Gasteiger partial charge in [0, 0.05) is 13.1 Å². The summed E-state index contributed by atoms with van der Waals surface area (Å²) in [4.78, 5) is 18.5. The van der Waals surface area contributed by atoms with E-state index in [4.69, 9.17) is 4.74 Å². The van der Waals surface area contributed by atoms with Crippen LogP contribution in [-0.4, -0.2) is 37.1 Å². The summed E-state index contributed by atoms with van der Waals surface area (Å²) < 4.78 is 5.63. The number of carbonyl (C=O) groups excluding carboxylic acids is 1. The first-order valence-electron chi connectivity index (χ1n) is 6.09. The number of hydrogen-bond acceptors (Lipinski definition) is 5. The Morgan fingerprint density at radius 3 is 3.00 bits per heavy atom. The molecule has 1 fully saturated rings. The lowest BCUT2D eigenvalue weighted by atomic mass is 10.2. The zero-order valence-corrected chi connectivity index (χ0v) is 11.1. The average Bonchev–Trinajstić information content (AvgIpc) is 2.82. The minimum absolute atomic E-state index is 0.289. The number of ether oxygens (including phenoxy) is 1. The second-order valence-corrected chi connectivity index (χ2v) is 5.13. The van der Waals surface area contributed by atoms with Crippen LogP contribution in [0, 0.1) is 0 Å². The van der Waals surface area contributed by atoms with Crippen LogP contribution in [0.1, 0.15) is 35.6 Å². The van der Waals surface area contributed by atoms with Crippen molar-refractivity contribution in [1.82, 2.24) is 4.98 Å². The molecule has 1 aromatic heterocycles. The fourth-order valence-corrected chi connectivity index (χ4v) is 2.97. The molecule has 1 aliphatic heterocycles. The maximum absolute atomic E-state index is 10.9. The number of anilines is 1. The lowest BCUT2D eigenvalue weighted by molar-refractivity contribution is 0.0384. The summed E-state index contributed by atoms with van der Waals surface area (Å²) in [5, 5.41) is 0.964. The van der Waals surface area contributed by atoms with E-state index in [1.165, 1.54) is 11.3 Å². The van der Waals surface area contributed by atoms with Crippen molar-refractivity contribution in [3.8, 4) is 0 Å². The van der Waals surface area contributed by atoms with Gasteiger partial charge in [0.2, 0.25) is 0 Å². The van der Waals surface area contributed by atoms with Crippen molar-refractivity contribution in [2.75, 3.05) is 24.6 Å². The topological polar surface area (TPSA) is 42.4 Å². The third kappa shape index (κ3) is 2.66. The van der Waals surface area contributed by atoms with E-state index in [9.17, 15) is 4.79 Å². The quantitative estimate of drug-likeness (QED) is 0.772. The van der Waals surface area contributed by atoms with Crippen molar-refractivity contribution >= 4 is 22.8 Å². The second-order valence-electron chi connectivity index (χ2n) is 4.13. The van der Waals surface area contributed by atoms with Crippen molar-refractivity contribution in [2.45, 2.75) is 32.8 Å². The maximum atomic E-state index is 10.9. The minimum atomic E-state index is 0.289. The molecule has 4 nitrogen and oxygen atoms in total. The van der Waals surface area contributed by atoms with E-state index in [0.717, 1.165) is 54.5 Å². The van der Waals surface area contributed by atoms with E-state index >= 15 is 0 Å². The summed E-state index contributed by atoms with van der Waals surface area (Å²) in [6.45, 7) is 6.65. The lowest BCUT2D eigenvalue weighted by Crippen LogP contribution is -2.42. The minimum Gasteiger partial charge on any atom is -0.375 e. The van der Waals surface area contributed by atoms with Crippen LogP contribution >= 0.6 is 11.3 Å². The van der Waals surface area contributed by atoms with Gasteiger partial charge in [0.05, 0.1) is 23.3 Å². The van der Waals surface area contributed by atoms with Crippen LogP contribution in [0.25, 0.3) is 0 Å². The molecule has 0 N–H and O–H groups in total. The number of rotatable bonds is 4. The Kier molecular flexibility index (Phi) is 4.12. The van der Waals surface area contributed by atoms with E-state index in [1.807, 2.05) is 6.92 Å². The fourth-order valence-electron chi connectivity index (χ4n) is 1.97. The Morgan fingerprint density at radius 2 is 2.41 bits per heavy atom. The largest absolute Gasteiger partial charge is 0.375 e. The monoisotopic (exact) mass is 254 g/mol. The van der Waals surface area contributed by atoms with Gasteiger partial charge in [0.1, 0.15) is 0 Å². The molecule has 0 saturated carbocycles. The summed E-state index contributed by atoms with van der Waals surface area (Å²) >= 11 is 1.49. The standard InChI is InChI=1S/C12H18N2O2S/c1-3-9-7-14(5-6-16-9)12-13-10(4-2)11(8-15)17-12/h8-9H,3-7H2,1-2H3. The van der Waals surface area contributed by atoms with E-state index < -0.39 is 0 Å². The van der Waals surface area contributed by atoms with Gasteiger partial charge in [-0.2, -0.15) is 0 Å². The molecule has 1 unspecified atom stereocenters. The van der Waals surface area contributed by atoms with Crippen LogP contribution in [-0.2, 0) is 11.2 Å². The molecule has 0 aromatic carbocycles. The number of carbonyl (C=O) groups is 1. The number of thiazole rings is 1. The third-order valence-electron chi connectivity index (χ3n) is 3.02. The summed E-state index contributed by atoms with van der Waals surface area (Å²) in [6, 6.07) is 0. The Hall–Kier alpha value is -0.940. The van der Waals surface area contributed by atoms with Gasteiger partial charge in [-0.05, 0) is 12.8 Å².